The number of rotatable bonds is 1. The third kappa shape index (κ3) is 5.07. The van der Waals surface area contributed by atoms with Gasteiger partial charge in [-0.1, -0.05) is 0 Å². The number of carbonyl (C=O) groups excluding carboxylic acids is 1. The van der Waals surface area contributed by atoms with Gasteiger partial charge >= 0.3 is 0 Å². The predicted octanol–water partition coefficient (Wildman–Crippen LogP) is 0.860. The molecule has 4 heteroatoms. The Labute approximate surface area is 45.2 Å². The summed E-state index contributed by atoms with van der Waals surface area (Å²) in [4.78, 5) is 9.86. The molecule has 0 spiro atoms. The average molecular weight is 121 g/mol. The Morgan fingerprint density at radius 3 is 2.25 bits per heavy atom. The van der Waals surface area contributed by atoms with Crippen LogP contribution in [0.5, 0.6) is 0 Å². The molecule has 0 atom stereocenters. The topological polar surface area (TPSA) is 29.1 Å². The molecule has 0 saturated heterocycles. The van der Waals surface area contributed by atoms with Crippen molar-refractivity contribution < 1.29 is 13.6 Å². The molecule has 0 aliphatic heterocycles. The molecule has 2 nitrogen and oxygen atoms in total. The molecule has 0 rings (SSSR count). The van der Waals surface area contributed by atoms with Crippen LogP contribution in [0, 0.1) is 0 Å². The van der Waals surface area contributed by atoms with E-state index in [-0.39, 0.29) is 0 Å². The van der Waals surface area contributed by atoms with E-state index < -0.39 is 12.0 Å². The van der Waals surface area contributed by atoms with E-state index in [9.17, 15) is 13.6 Å². The van der Waals surface area contributed by atoms with E-state index in [4.69, 9.17) is 0 Å². The second-order valence-electron chi connectivity index (χ2n) is 1.13. The van der Waals surface area contributed by atoms with E-state index in [1.54, 1.807) is 5.32 Å². The first-order valence-corrected chi connectivity index (χ1v) is 1.91. The van der Waals surface area contributed by atoms with Crippen LogP contribution < -0.4 is 5.32 Å². The zero-order chi connectivity index (χ0) is 6.57. The van der Waals surface area contributed by atoms with Gasteiger partial charge in [-0.25, -0.2) is 0 Å². The number of nitrogens with one attached hydrogen (secondary N) is 1. The first-order valence-electron chi connectivity index (χ1n) is 1.91. The highest BCUT2D eigenvalue weighted by molar-refractivity contribution is 5.73. The molecule has 0 saturated carbocycles. The smallest absolute Gasteiger partial charge is 0.286 e. The largest absolute Gasteiger partial charge is 0.328 e. The maximum Gasteiger partial charge on any atom is 0.286 e. The fourth-order valence-electron chi connectivity index (χ4n) is 0.156. The number of amides is 1. The second-order valence-corrected chi connectivity index (χ2v) is 1.13. The van der Waals surface area contributed by atoms with Crippen molar-refractivity contribution in [2.24, 2.45) is 0 Å². The Balaban J connectivity index is 3.45. The molecular weight excluding hydrogens is 116 g/mol. The van der Waals surface area contributed by atoms with Gasteiger partial charge in [-0.15, -0.1) is 0 Å². The van der Waals surface area contributed by atoms with Crippen molar-refractivity contribution in [1.82, 2.24) is 5.32 Å². The first kappa shape index (κ1) is 7.07. The highest BCUT2D eigenvalue weighted by Gasteiger charge is 1.87. The van der Waals surface area contributed by atoms with E-state index in [0.29, 0.717) is 6.20 Å². The summed E-state index contributed by atoms with van der Waals surface area (Å²) in [6.07, 6.45) is -1.55. The zero-order valence-electron chi connectivity index (χ0n) is 4.24. The summed E-state index contributed by atoms with van der Waals surface area (Å²) in [7, 11) is 0. The van der Waals surface area contributed by atoms with Crippen molar-refractivity contribution in [1.29, 1.82) is 0 Å². The van der Waals surface area contributed by atoms with Gasteiger partial charge in [-0.2, -0.15) is 8.78 Å². The normalized spacial score (nSPS) is 7.88. The molecule has 0 bridgehead atoms. The monoisotopic (exact) mass is 121 g/mol. The fourth-order valence-corrected chi connectivity index (χ4v) is 0.156. The fraction of sp³-hybridized carbons (Fsp3) is 0.250. The molecule has 0 aromatic heterocycles. The Bertz CT molecular complexity index is 117. The maximum absolute atomic E-state index is 11.0. The SMILES string of the molecule is CC(=O)NC=C(F)F. The Hall–Kier alpha value is -0.930. The molecule has 0 heterocycles. The summed E-state index contributed by atoms with van der Waals surface area (Å²) >= 11 is 0. The average Bonchev–Trinajstić information content (AvgIpc) is 1.61. The lowest BCUT2D eigenvalue weighted by Crippen LogP contribution is -2.11. The van der Waals surface area contributed by atoms with E-state index in [2.05, 4.69) is 0 Å². The molecule has 8 heavy (non-hydrogen) atoms. The molecule has 46 valence electrons. The number of hydrogen-bond acceptors (Lipinski definition) is 1. The summed E-state index contributed by atoms with van der Waals surface area (Å²) in [5.41, 5.74) is 0. The third-order valence-electron chi connectivity index (χ3n) is 0.385. The maximum atomic E-state index is 11.0. The predicted molar refractivity (Wildman–Crippen MR) is 24.1 cm³/mol. The molecular formula is C4H5F2NO. The Morgan fingerprint density at radius 1 is 1.62 bits per heavy atom. The van der Waals surface area contributed by atoms with Crippen LogP contribution >= 0.6 is 0 Å². The molecule has 0 aromatic rings. The van der Waals surface area contributed by atoms with Crippen LogP contribution in [-0.4, -0.2) is 5.91 Å². The van der Waals surface area contributed by atoms with E-state index in [1.165, 1.54) is 0 Å². The van der Waals surface area contributed by atoms with Gasteiger partial charge in [-0.3, -0.25) is 4.79 Å². The van der Waals surface area contributed by atoms with Crippen molar-refractivity contribution in [3.05, 3.63) is 12.3 Å². The van der Waals surface area contributed by atoms with E-state index in [1.807, 2.05) is 0 Å². The Kier molecular flexibility index (Phi) is 2.76. The van der Waals surface area contributed by atoms with Gasteiger partial charge in [0.1, 0.15) is 0 Å². The number of halogens is 2. The second kappa shape index (κ2) is 3.12. The van der Waals surface area contributed by atoms with Gasteiger partial charge < -0.3 is 5.32 Å². The summed E-state index contributed by atoms with van der Waals surface area (Å²) in [6.45, 7) is 1.15. The van der Waals surface area contributed by atoms with Gasteiger partial charge in [-0.05, 0) is 0 Å². The zero-order valence-corrected chi connectivity index (χ0v) is 4.24. The standard InChI is InChI=1S/C4H5F2NO/c1-3(8)7-2-4(5)6/h2H,1H3,(H,7,8). The highest BCUT2D eigenvalue weighted by atomic mass is 19.3. The third-order valence-corrected chi connectivity index (χ3v) is 0.385. The van der Waals surface area contributed by atoms with Gasteiger partial charge in [0.25, 0.3) is 6.08 Å². The Morgan fingerprint density at radius 2 is 2.12 bits per heavy atom. The van der Waals surface area contributed by atoms with Crippen LogP contribution in [0.25, 0.3) is 0 Å². The minimum absolute atomic E-state index is 0.350. The summed E-state index contributed by atoms with van der Waals surface area (Å²) < 4.78 is 22.1. The van der Waals surface area contributed by atoms with Gasteiger partial charge in [0.05, 0.1) is 6.20 Å². The summed E-state index contributed by atoms with van der Waals surface area (Å²) in [6, 6.07) is 0. The quantitative estimate of drug-likeness (QED) is 0.547. The molecule has 0 radical (unpaired) electrons. The molecule has 1 N–H and O–H groups in total. The van der Waals surface area contributed by atoms with Crippen LogP contribution in [0.2, 0.25) is 0 Å². The highest BCUT2D eigenvalue weighted by Crippen LogP contribution is 1.91. The minimum atomic E-state index is -1.90. The van der Waals surface area contributed by atoms with Crippen molar-refractivity contribution in [2.75, 3.05) is 0 Å². The van der Waals surface area contributed by atoms with Gasteiger partial charge in [0.2, 0.25) is 5.91 Å². The van der Waals surface area contributed by atoms with Gasteiger partial charge in [0.15, 0.2) is 0 Å². The van der Waals surface area contributed by atoms with Crippen LogP contribution in [-0.2, 0) is 4.79 Å². The van der Waals surface area contributed by atoms with Crippen molar-refractivity contribution in [3.63, 3.8) is 0 Å². The van der Waals surface area contributed by atoms with Crippen LogP contribution in [0.15, 0.2) is 12.3 Å². The lowest BCUT2D eigenvalue weighted by Gasteiger charge is -1.86. The minimum Gasteiger partial charge on any atom is -0.328 e. The van der Waals surface area contributed by atoms with Crippen LogP contribution in [0.3, 0.4) is 0 Å². The summed E-state index contributed by atoms with van der Waals surface area (Å²) in [5.74, 6) is -0.502. The van der Waals surface area contributed by atoms with Crippen LogP contribution in [0.1, 0.15) is 6.92 Å². The van der Waals surface area contributed by atoms with Gasteiger partial charge in [0, 0.05) is 6.92 Å². The first-order chi connectivity index (χ1) is 3.63. The molecule has 1 amide bonds. The van der Waals surface area contributed by atoms with Crippen molar-refractivity contribution >= 4 is 5.91 Å². The number of carbonyl (C=O) groups is 1. The molecule has 0 aliphatic carbocycles. The lowest BCUT2D eigenvalue weighted by atomic mass is 10.7. The van der Waals surface area contributed by atoms with Crippen molar-refractivity contribution in [3.8, 4) is 0 Å². The number of hydrogen-bond donors (Lipinski definition) is 1. The van der Waals surface area contributed by atoms with Crippen molar-refractivity contribution in [2.45, 2.75) is 6.92 Å². The van der Waals surface area contributed by atoms with E-state index in [0.717, 1.165) is 6.92 Å². The molecule has 0 fully saturated rings. The molecule has 0 aromatic carbocycles. The molecule has 0 aliphatic rings. The van der Waals surface area contributed by atoms with Crippen LogP contribution in [0.4, 0.5) is 8.78 Å². The summed E-state index contributed by atoms with van der Waals surface area (Å²) in [5, 5.41) is 1.79. The lowest BCUT2D eigenvalue weighted by molar-refractivity contribution is -0.118. The molecule has 0 unspecified atom stereocenters. The van der Waals surface area contributed by atoms with E-state index >= 15 is 0 Å².